The Bertz CT molecular complexity index is 300. The van der Waals surface area contributed by atoms with Crippen LogP contribution in [0, 0.1) is 11.8 Å². The fourth-order valence-corrected chi connectivity index (χ4v) is 2.56. The highest BCUT2D eigenvalue weighted by Crippen LogP contribution is 2.13. The van der Waals surface area contributed by atoms with Crippen molar-refractivity contribution in [3.63, 3.8) is 0 Å². The van der Waals surface area contributed by atoms with E-state index in [9.17, 15) is 0 Å². The third-order valence-electron chi connectivity index (χ3n) is 3.88. The van der Waals surface area contributed by atoms with Crippen LogP contribution in [0.5, 0.6) is 0 Å². The number of rotatable bonds is 8. The SMILES string of the molecule is CN=C(NCCOCCC(C)C)NCC1CCCN(C)C1.I. The molecule has 0 amide bonds. The lowest BCUT2D eigenvalue weighted by molar-refractivity contribution is 0.128. The second-order valence-electron chi connectivity index (χ2n) is 6.45. The van der Waals surface area contributed by atoms with Gasteiger partial charge in [-0.2, -0.15) is 0 Å². The van der Waals surface area contributed by atoms with Gasteiger partial charge in [-0.3, -0.25) is 4.99 Å². The van der Waals surface area contributed by atoms with Crippen LogP contribution in [0.25, 0.3) is 0 Å². The second kappa shape index (κ2) is 13.4. The molecule has 0 aliphatic carbocycles. The van der Waals surface area contributed by atoms with Gasteiger partial charge in [0, 0.05) is 33.3 Å². The lowest BCUT2D eigenvalue weighted by Crippen LogP contribution is -2.44. The maximum Gasteiger partial charge on any atom is 0.191 e. The molecule has 1 rings (SSSR count). The van der Waals surface area contributed by atoms with E-state index >= 15 is 0 Å². The number of piperidine rings is 1. The van der Waals surface area contributed by atoms with Gasteiger partial charge < -0.3 is 20.3 Å². The molecule has 1 unspecified atom stereocenters. The summed E-state index contributed by atoms with van der Waals surface area (Å²) in [7, 11) is 4.02. The Hall–Kier alpha value is -0.0800. The summed E-state index contributed by atoms with van der Waals surface area (Å²) in [5, 5.41) is 6.73. The molecule has 1 saturated heterocycles. The fraction of sp³-hybridized carbons (Fsp3) is 0.938. The Morgan fingerprint density at radius 1 is 1.32 bits per heavy atom. The standard InChI is InChI=1S/C16H34N4O.HI/c1-14(2)7-10-21-11-8-18-16(17-3)19-12-15-6-5-9-20(4)13-15;/h14-15H,5-13H2,1-4H3,(H2,17,18,19);1H. The van der Waals surface area contributed by atoms with Gasteiger partial charge in [0.2, 0.25) is 0 Å². The number of nitrogens with one attached hydrogen (secondary N) is 2. The molecule has 0 aromatic carbocycles. The van der Waals surface area contributed by atoms with Crippen LogP contribution < -0.4 is 10.6 Å². The molecule has 0 bridgehead atoms. The van der Waals surface area contributed by atoms with Gasteiger partial charge in [0.1, 0.15) is 0 Å². The predicted octanol–water partition coefficient (Wildman–Crippen LogP) is 2.17. The molecular weight excluding hydrogens is 391 g/mol. The lowest BCUT2D eigenvalue weighted by atomic mass is 9.99. The van der Waals surface area contributed by atoms with Crippen LogP contribution in [0.4, 0.5) is 0 Å². The molecule has 22 heavy (non-hydrogen) atoms. The highest BCUT2D eigenvalue weighted by molar-refractivity contribution is 14.0. The van der Waals surface area contributed by atoms with Crippen LogP contribution in [0.15, 0.2) is 4.99 Å². The first kappa shape index (κ1) is 21.9. The monoisotopic (exact) mass is 426 g/mol. The summed E-state index contributed by atoms with van der Waals surface area (Å²) in [6.07, 6.45) is 3.74. The summed E-state index contributed by atoms with van der Waals surface area (Å²) in [6.45, 7) is 10.2. The summed E-state index contributed by atoms with van der Waals surface area (Å²) < 4.78 is 5.60. The zero-order valence-corrected chi connectivity index (χ0v) is 17.1. The van der Waals surface area contributed by atoms with E-state index in [-0.39, 0.29) is 24.0 Å². The first-order chi connectivity index (χ1) is 10.1. The Morgan fingerprint density at radius 2 is 2.09 bits per heavy atom. The predicted molar refractivity (Wildman–Crippen MR) is 105 cm³/mol. The third kappa shape index (κ3) is 10.6. The van der Waals surface area contributed by atoms with Crippen molar-refractivity contribution in [1.82, 2.24) is 15.5 Å². The lowest BCUT2D eigenvalue weighted by Gasteiger charge is -2.30. The number of ether oxygens (including phenoxy) is 1. The van der Waals surface area contributed by atoms with Gasteiger partial charge in [-0.1, -0.05) is 13.8 Å². The summed E-state index contributed by atoms with van der Waals surface area (Å²) >= 11 is 0. The largest absolute Gasteiger partial charge is 0.380 e. The van der Waals surface area contributed by atoms with Crippen LogP contribution in [-0.2, 0) is 4.74 Å². The molecule has 5 nitrogen and oxygen atoms in total. The van der Waals surface area contributed by atoms with E-state index in [2.05, 4.69) is 41.4 Å². The van der Waals surface area contributed by atoms with Gasteiger partial charge in [0.25, 0.3) is 0 Å². The van der Waals surface area contributed by atoms with Gasteiger partial charge in [-0.05, 0) is 44.7 Å². The average Bonchev–Trinajstić information content (AvgIpc) is 2.45. The van der Waals surface area contributed by atoms with Crippen molar-refractivity contribution in [2.75, 3.05) is 53.5 Å². The Labute approximate surface area is 153 Å². The number of aliphatic imine (C=N–C) groups is 1. The highest BCUT2D eigenvalue weighted by Gasteiger charge is 2.17. The maximum absolute atomic E-state index is 5.60. The van der Waals surface area contributed by atoms with Crippen LogP contribution in [0.3, 0.4) is 0 Å². The molecule has 0 saturated carbocycles. The molecular formula is C16H35IN4O. The maximum atomic E-state index is 5.60. The molecule has 132 valence electrons. The first-order valence-electron chi connectivity index (χ1n) is 8.32. The summed E-state index contributed by atoms with van der Waals surface area (Å²) in [5.41, 5.74) is 0. The third-order valence-corrected chi connectivity index (χ3v) is 3.88. The van der Waals surface area contributed by atoms with Gasteiger partial charge in [-0.25, -0.2) is 0 Å². The molecule has 0 radical (unpaired) electrons. The molecule has 0 spiro atoms. The number of guanidine groups is 1. The number of hydrogen-bond donors (Lipinski definition) is 2. The second-order valence-corrected chi connectivity index (χ2v) is 6.45. The first-order valence-corrected chi connectivity index (χ1v) is 8.32. The van der Waals surface area contributed by atoms with E-state index in [1.54, 1.807) is 0 Å². The van der Waals surface area contributed by atoms with Crippen LogP contribution in [-0.4, -0.2) is 64.3 Å². The van der Waals surface area contributed by atoms with Crippen molar-refractivity contribution < 1.29 is 4.74 Å². The van der Waals surface area contributed by atoms with Crippen molar-refractivity contribution in [2.24, 2.45) is 16.8 Å². The topological polar surface area (TPSA) is 48.9 Å². The number of hydrogen-bond acceptors (Lipinski definition) is 3. The highest BCUT2D eigenvalue weighted by atomic mass is 127. The molecule has 1 aliphatic heterocycles. The van der Waals surface area contributed by atoms with Crippen LogP contribution in [0.1, 0.15) is 33.1 Å². The molecule has 6 heteroatoms. The van der Waals surface area contributed by atoms with Crippen molar-refractivity contribution in [3.8, 4) is 0 Å². The Kier molecular flexibility index (Phi) is 13.3. The van der Waals surface area contributed by atoms with Crippen molar-refractivity contribution in [1.29, 1.82) is 0 Å². The molecule has 0 aromatic rings. The van der Waals surface area contributed by atoms with E-state index in [1.165, 1.54) is 25.9 Å². The number of likely N-dealkylation sites (tertiary alicyclic amines) is 1. The number of halogens is 1. The zero-order chi connectivity index (χ0) is 15.5. The minimum atomic E-state index is 0. The normalized spacial score (nSPS) is 19.9. The Morgan fingerprint density at radius 3 is 2.73 bits per heavy atom. The minimum absolute atomic E-state index is 0. The van der Waals surface area contributed by atoms with E-state index < -0.39 is 0 Å². The smallest absolute Gasteiger partial charge is 0.191 e. The van der Waals surface area contributed by atoms with E-state index in [0.717, 1.165) is 44.6 Å². The zero-order valence-electron chi connectivity index (χ0n) is 14.7. The molecule has 0 aromatic heterocycles. The summed E-state index contributed by atoms with van der Waals surface area (Å²) in [5.74, 6) is 2.32. The van der Waals surface area contributed by atoms with E-state index in [4.69, 9.17) is 4.74 Å². The molecule has 1 fully saturated rings. The van der Waals surface area contributed by atoms with E-state index in [1.807, 2.05) is 7.05 Å². The molecule has 2 N–H and O–H groups in total. The quantitative estimate of drug-likeness (QED) is 0.270. The molecule has 1 aliphatic rings. The summed E-state index contributed by atoms with van der Waals surface area (Å²) in [6, 6.07) is 0. The van der Waals surface area contributed by atoms with Crippen molar-refractivity contribution in [2.45, 2.75) is 33.1 Å². The van der Waals surface area contributed by atoms with Gasteiger partial charge in [0.15, 0.2) is 5.96 Å². The molecule has 1 heterocycles. The minimum Gasteiger partial charge on any atom is -0.380 e. The van der Waals surface area contributed by atoms with Crippen LogP contribution in [0.2, 0.25) is 0 Å². The average molecular weight is 426 g/mol. The van der Waals surface area contributed by atoms with E-state index in [0.29, 0.717) is 5.92 Å². The van der Waals surface area contributed by atoms with Crippen molar-refractivity contribution in [3.05, 3.63) is 0 Å². The fourth-order valence-electron chi connectivity index (χ4n) is 2.56. The van der Waals surface area contributed by atoms with Gasteiger partial charge in [-0.15, -0.1) is 24.0 Å². The van der Waals surface area contributed by atoms with Gasteiger partial charge >= 0.3 is 0 Å². The van der Waals surface area contributed by atoms with Crippen LogP contribution >= 0.6 is 24.0 Å². The summed E-state index contributed by atoms with van der Waals surface area (Å²) in [4.78, 5) is 6.67. The number of nitrogens with zero attached hydrogens (tertiary/aromatic N) is 2. The van der Waals surface area contributed by atoms with Gasteiger partial charge in [0.05, 0.1) is 6.61 Å². The van der Waals surface area contributed by atoms with Crippen molar-refractivity contribution >= 4 is 29.9 Å². The Balaban J connectivity index is 0.00000441. The molecule has 1 atom stereocenters.